The third-order valence-corrected chi connectivity index (χ3v) is 1.53. The van der Waals surface area contributed by atoms with E-state index < -0.39 is 0 Å². The van der Waals surface area contributed by atoms with Gasteiger partial charge in [0.2, 0.25) is 0 Å². The highest BCUT2D eigenvalue weighted by atomic mass is 32.1. The SMILES string of the molecule is CC1CC=CCC1.S. The molecular weight excluding hydrogens is 116 g/mol. The molecular formula is C7H14S. The van der Waals surface area contributed by atoms with Gasteiger partial charge in [0.05, 0.1) is 0 Å². The van der Waals surface area contributed by atoms with Crippen molar-refractivity contribution in [1.82, 2.24) is 0 Å². The Hall–Kier alpha value is 0.0900. The molecule has 48 valence electrons. The lowest BCUT2D eigenvalue weighted by Crippen LogP contribution is -1.94. The molecule has 8 heavy (non-hydrogen) atoms. The van der Waals surface area contributed by atoms with Gasteiger partial charge in [0.1, 0.15) is 0 Å². The summed E-state index contributed by atoms with van der Waals surface area (Å²) in [7, 11) is 0. The van der Waals surface area contributed by atoms with Crippen molar-refractivity contribution < 1.29 is 0 Å². The maximum Gasteiger partial charge on any atom is -0.0325 e. The Morgan fingerprint density at radius 2 is 2.12 bits per heavy atom. The molecule has 0 spiro atoms. The second-order valence-electron chi connectivity index (χ2n) is 2.39. The first-order valence-electron chi connectivity index (χ1n) is 3.04. The van der Waals surface area contributed by atoms with Gasteiger partial charge in [-0.25, -0.2) is 0 Å². The van der Waals surface area contributed by atoms with Crippen LogP contribution in [0.5, 0.6) is 0 Å². The quantitative estimate of drug-likeness (QED) is 0.442. The van der Waals surface area contributed by atoms with Crippen molar-refractivity contribution >= 4 is 13.5 Å². The Kier molecular flexibility index (Phi) is 4.06. The molecule has 1 unspecified atom stereocenters. The molecule has 0 aromatic carbocycles. The van der Waals surface area contributed by atoms with Crippen LogP contribution >= 0.6 is 13.5 Å². The highest BCUT2D eigenvalue weighted by Crippen LogP contribution is 2.15. The van der Waals surface area contributed by atoms with Crippen LogP contribution in [0.3, 0.4) is 0 Å². The third kappa shape index (κ3) is 2.41. The molecule has 0 saturated carbocycles. The van der Waals surface area contributed by atoms with Gasteiger partial charge < -0.3 is 0 Å². The molecule has 1 atom stereocenters. The predicted molar refractivity (Wildman–Crippen MR) is 42.5 cm³/mol. The molecule has 1 heteroatoms. The van der Waals surface area contributed by atoms with E-state index in [-0.39, 0.29) is 13.5 Å². The zero-order valence-corrected chi connectivity index (χ0v) is 6.35. The summed E-state index contributed by atoms with van der Waals surface area (Å²) in [5, 5.41) is 0. The Morgan fingerprint density at radius 1 is 1.38 bits per heavy atom. The molecule has 0 aromatic rings. The molecule has 0 saturated heterocycles. The van der Waals surface area contributed by atoms with Crippen LogP contribution in [-0.4, -0.2) is 0 Å². The average Bonchev–Trinajstić information content (AvgIpc) is 1.69. The summed E-state index contributed by atoms with van der Waals surface area (Å²) in [6.07, 6.45) is 8.58. The fourth-order valence-corrected chi connectivity index (χ4v) is 0.945. The van der Waals surface area contributed by atoms with Gasteiger partial charge in [0, 0.05) is 0 Å². The van der Waals surface area contributed by atoms with Gasteiger partial charge in [0.25, 0.3) is 0 Å². The molecule has 0 nitrogen and oxygen atoms in total. The maximum absolute atomic E-state index is 2.31. The topological polar surface area (TPSA) is 0 Å². The molecule has 0 bridgehead atoms. The minimum Gasteiger partial charge on any atom is -0.197 e. The van der Waals surface area contributed by atoms with Crippen LogP contribution in [-0.2, 0) is 0 Å². The molecule has 1 aliphatic rings. The smallest absolute Gasteiger partial charge is 0.0325 e. The molecule has 0 heterocycles. The van der Waals surface area contributed by atoms with Gasteiger partial charge in [-0.15, -0.1) is 0 Å². The Labute approximate surface area is 58.4 Å². The highest BCUT2D eigenvalue weighted by Gasteiger charge is 2.00. The zero-order chi connectivity index (χ0) is 5.11. The van der Waals surface area contributed by atoms with E-state index in [0.717, 1.165) is 5.92 Å². The minimum absolute atomic E-state index is 0. The van der Waals surface area contributed by atoms with Gasteiger partial charge in [0.15, 0.2) is 0 Å². The molecule has 1 aliphatic carbocycles. The number of hydrogen-bond donors (Lipinski definition) is 0. The van der Waals surface area contributed by atoms with Gasteiger partial charge >= 0.3 is 0 Å². The van der Waals surface area contributed by atoms with Crippen LogP contribution in [0, 0.1) is 5.92 Å². The van der Waals surface area contributed by atoms with Gasteiger partial charge in [-0.2, -0.15) is 13.5 Å². The fourth-order valence-electron chi connectivity index (χ4n) is 0.945. The maximum atomic E-state index is 2.31. The summed E-state index contributed by atoms with van der Waals surface area (Å²) in [6, 6.07) is 0. The first-order chi connectivity index (χ1) is 3.39. The van der Waals surface area contributed by atoms with Crippen LogP contribution in [0.15, 0.2) is 12.2 Å². The second-order valence-corrected chi connectivity index (χ2v) is 2.39. The van der Waals surface area contributed by atoms with E-state index in [0.29, 0.717) is 0 Å². The van der Waals surface area contributed by atoms with Crippen LogP contribution in [0.25, 0.3) is 0 Å². The van der Waals surface area contributed by atoms with E-state index in [1.807, 2.05) is 0 Å². The lowest BCUT2D eigenvalue weighted by molar-refractivity contribution is 0.527. The third-order valence-electron chi connectivity index (χ3n) is 1.53. The lowest BCUT2D eigenvalue weighted by atomic mass is 9.97. The van der Waals surface area contributed by atoms with E-state index in [4.69, 9.17) is 0 Å². The molecule has 1 rings (SSSR count). The molecule has 0 amide bonds. The zero-order valence-electron chi connectivity index (χ0n) is 5.35. The van der Waals surface area contributed by atoms with E-state index in [2.05, 4.69) is 19.1 Å². The molecule has 0 aliphatic heterocycles. The normalized spacial score (nSPS) is 26.9. The van der Waals surface area contributed by atoms with Crippen LogP contribution in [0.4, 0.5) is 0 Å². The first-order valence-corrected chi connectivity index (χ1v) is 3.04. The monoisotopic (exact) mass is 130 g/mol. The van der Waals surface area contributed by atoms with E-state index in [1.165, 1.54) is 19.3 Å². The molecule has 0 fully saturated rings. The summed E-state index contributed by atoms with van der Waals surface area (Å²) in [5.41, 5.74) is 0. The van der Waals surface area contributed by atoms with Crippen LogP contribution in [0.2, 0.25) is 0 Å². The van der Waals surface area contributed by atoms with E-state index in [9.17, 15) is 0 Å². The van der Waals surface area contributed by atoms with Gasteiger partial charge in [-0.3, -0.25) is 0 Å². The Morgan fingerprint density at radius 3 is 2.38 bits per heavy atom. The van der Waals surface area contributed by atoms with Crippen LogP contribution in [0.1, 0.15) is 26.2 Å². The largest absolute Gasteiger partial charge is 0.197 e. The summed E-state index contributed by atoms with van der Waals surface area (Å²) in [6.45, 7) is 2.31. The van der Waals surface area contributed by atoms with Gasteiger partial charge in [-0.05, 0) is 25.2 Å². The second kappa shape index (κ2) is 4.02. The number of hydrogen-bond acceptors (Lipinski definition) is 0. The van der Waals surface area contributed by atoms with Crippen LogP contribution < -0.4 is 0 Å². The summed E-state index contributed by atoms with van der Waals surface area (Å²) in [5.74, 6) is 0.949. The fraction of sp³-hybridized carbons (Fsp3) is 0.714. The predicted octanol–water partition coefficient (Wildman–Crippen LogP) is 2.48. The van der Waals surface area contributed by atoms with Crippen molar-refractivity contribution in [1.29, 1.82) is 0 Å². The van der Waals surface area contributed by atoms with Crippen molar-refractivity contribution in [3.63, 3.8) is 0 Å². The van der Waals surface area contributed by atoms with E-state index in [1.54, 1.807) is 0 Å². The molecule has 0 aromatic heterocycles. The standard InChI is InChI=1S/C7H12.H2S/c1-7-5-3-2-4-6-7;/h2-3,7H,4-6H2,1H3;1H2. The molecule has 0 radical (unpaired) electrons. The summed E-state index contributed by atoms with van der Waals surface area (Å²) in [4.78, 5) is 0. The highest BCUT2D eigenvalue weighted by molar-refractivity contribution is 7.59. The van der Waals surface area contributed by atoms with Crippen molar-refractivity contribution in [2.75, 3.05) is 0 Å². The van der Waals surface area contributed by atoms with Crippen molar-refractivity contribution in [2.45, 2.75) is 26.2 Å². The molecule has 0 N–H and O–H groups in total. The Bertz CT molecular complexity index is 76.5. The van der Waals surface area contributed by atoms with E-state index >= 15 is 0 Å². The summed E-state index contributed by atoms with van der Waals surface area (Å²) < 4.78 is 0. The van der Waals surface area contributed by atoms with Crippen molar-refractivity contribution in [3.8, 4) is 0 Å². The summed E-state index contributed by atoms with van der Waals surface area (Å²) >= 11 is 0. The lowest BCUT2D eigenvalue weighted by Gasteiger charge is -2.09. The van der Waals surface area contributed by atoms with Gasteiger partial charge in [-0.1, -0.05) is 19.1 Å². The van der Waals surface area contributed by atoms with Crippen molar-refractivity contribution in [3.05, 3.63) is 12.2 Å². The minimum atomic E-state index is 0. The number of rotatable bonds is 0. The van der Waals surface area contributed by atoms with Crippen molar-refractivity contribution in [2.24, 2.45) is 5.92 Å². The average molecular weight is 130 g/mol. The first kappa shape index (κ1) is 8.09. The number of allylic oxidation sites excluding steroid dienone is 2. The Balaban J connectivity index is 0.000000490.